The Morgan fingerprint density at radius 2 is 2.42 bits per heavy atom. The van der Waals surface area contributed by atoms with Crippen molar-refractivity contribution in [1.29, 1.82) is 0 Å². The molecular formula is C10H15NO. The van der Waals surface area contributed by atoms with Crippen molar-refractivity contribution < 1.29 is 4.79 Å². The lowest BCUT2D eigenvalue weighted by atomic mass is 9.90. The highest BCUT2D eigenvalue weighted by molar-refractivity contribution is 5.91. The van der Waals surface area contributed by atoms with E-state index in [1.807, 2.05) is 0 Å². The molecule has 1 atom stereocenters. The van der Waals surface area contributed by atoms with Gasteiger partial charge in [0.25, 0.3) is 0 Å². The molecule has 0 fully saturated rings. The minimum absolute atomic E-state index is 0.367. The van der Waals surface area contributed by atoms with Crippen LogP contribution in [0.15, 0.2) is 24.3 Å². The van der Waals surface area contributed by atoms with Crippen LogP contribution in [0.25, 0.3) is 0 Å². The normalized spacial score (nSPS) is 22.2. The van der Waals surface area contributed by atoms with Crippen LogP contribution in [-0.2, 0) is 4.79 Å². The monoisotopic (exact) mass is 165 g/mol. The van der Waals surface area contributed by atoms with Crippen LogP contribution in [-0.4, -0.2) is 5.91 Å². The summed E-state index contributed by atoms with van der Waals surface area (Å²) < 4.78 is 0. The van der Waals surface area contributed by atoms with E-state index in [4.69, 9.17) is 5.73 Å². The second-order valence-corrected chi connectivity index (χ2v) is 3.29. The topological polar surface area (TPSA) is 43.1 Å². The zero-order chi connectivity index (χ0) is 8.97. The largest absolute Gasteiger partial charge is 0.366 e. The number of carbonyl (C=O) groups is 1. The van der Waals surface area contributed by atoms with E-state index in [2.05, 4.69) is 18.7 Å². The zero-order valence-corrected chi connectivity index (χ0v) is 7.25. The molecule has 0 bridgehead atoms. The standard InChI is InChI=1S/C10H15NO/c1-8(10(11)12)7-9-5-3-2-4-6-9/h3,5,9H,1-2,4,6-7H2,(H2,11,12). The first-order valence-corrected chi connectivity index (χ1v) is 4.34. The molecule has 2 heteroatoms. The average Bonchev–Trinajstić information content (AvgIpc) is 2.06. The molecule has 0 aromatic rings. The quantitative estimate of drug-likeness (QED) is 0.502. The summed E-state index contributed by atoms with van der Waals surface area (Å²) in [5, 5.41) is 0. The van der Waals surface area contributed by atoms with Crippen LogP contribution in [0.1, 0.15) is 25.7 Å². The van der Waals surface area contributed by atoms with Crippen molar-refractivity contribution in [2.45, 2.75) is 25.7 Å². The number of amides is 1. The first-order valence-electron chi connectivity index (χ1n) is 4.34. The van der Waals surface area contributed by atoms with Gasteiger partial charge in [0.15, 0.2) is 0 Å². The minimum atomic E-state index is -0.367. The molecule has 0 heterocycles. The van der Waals surface area contributed by atoms with Gasteiger partial charge in [-0.25, -0.2) is 0 Å². The number of nitrogens with two attached hydrogens (primary N) is 1. The highest BCUT2D eigenvalue weighted by atomic mass is 16.1. The van der Waals surface area contributed by atoms with Gasteiger partial charge in [-0.3, -0.25) is 4.79 Å². The fraction of sp³-hybridized carbons (Fsp3) is 0.500. The summed E-state index contributed by atoms with van der Waals surface area (Å²) in [6, 6.07) is 0. The number of primary amides is 1. The summed E-state index contributed by atoms with van der Waals surface area (Å²) >= 11 is 0. The molecule has 0 aliphatic heterocycles. The van der Waals surface area contributed by atoms with Crippen molar-refractivity contribution in [2.24, 2.45) is 11.7 Å². The molecule has 12 heavy (non-hydrogen) atoms. The maximum absolute atomic E-state index is 10.7. The van der Waals surface area contributed by atoms with Gasteiger partial charge >= 0.3 is 0 Å². The fourth-order valence-corrected chi connectivity index (χ4v) is 1.47. The molecule has 0 saturated carbocycles. The third kappa shape index (κ3) is 2.53. The molecule has 1 aliphatic rings. The summed E-state index contributed by atoms with van der Waals surface area (Å²) in [5.74, 6) is 0.118. The van der Waals surface area contributed by atoms with Crippen LogP contribution in [0.2, 0.25) is 0 Å². The summed E-state index contributed by atoms with van der Waals surface area (Å²) in [6.45, 7) is 3.64. The molecule has 0 spiro atoms. The van der Waals surface area contributed by atoms with Crippen LogP contribution in [0, 0.1) is 5.92 Å². The molecule has 1 aliphatic carbocycles. The van der Waals surface area contributed by atoms with E-state index < -0.39 is 0 Å². The van der Waals surface area contributed by atoms with Gasteiger partial charge in [0.05, 0.1) is 0 Å². The third-order valence-corrected chi connectivity index (χ3v) is 2.21. The van der Waals surface area contributed by atoms with E-state index in [1.165, 1.54) is 12.8 Å². The fourth-order valence-electron chi connectivity index (χ4n) is 1.47. The van der Waals surface area contributed by atoms with E-state index in [9.17, 15) is 4.79 Å². The summed E-state index contributed by atoms with van der Waals surface area (Å²) in [5.41, 5.74) is 5.64. The number of rotatable bonds is 3. The Hall–Kier alpha value is -1.05. The van der Waals surface area contributed by atoms with Gasteiger partial charge < -0.3 is 5.73 Å². The average molecular weight is 165 g/mol. The molecule has 66 valence electrons. The SMILES string of the molecule is C=C(CC1C=CCCC1)C(N)=O. The highest BCUT2D eigenvalue weighted by Crippen LogP contribution is 2.22. The van der Waals surface area contributed by atoms with E-state index in [1.54, 1.807) is 0 Å². The Bertz CT molecular complexity index is 218. The minimum Gasteiger partial charge on any atom is -0.366 e. The van der Waals surface area contributed by atoms with Crippen molar-refractivity contribution in [3.05, 3.63) is 24.3 Å². The zero-order valence-electron chi connectivity index (χ0n) is 7.25. The Balaban J connectivity index is 2.40. The second-order valence-electron chi connectivity index (χ2n) is 3.29. The molecule has 2 N–H and O–H groups in total. The summed E-state index contributed by atoms with van der Waals surface area (Å²) in [7, 11) is 0. The highest BCUT2D eigenvalue weighted by Gasteiger charge is 2.11. The molecule has 0 aromatic carbocycles. The number of hydrogen-bond acceptors (Lipinski definition) is 1. The van der Waals surface area contributed by atoms with Gasteiger partial charge in [0.2, 0.25) is 5.91 Å². The van der Waals surface area contributed by atoms with Gasteiger partial charge in [-0.1, -0.05) is 18.7 Å². The first kappa shape index (κ1) is 9.04. The predicted molar refractivity (Wildman–Crippen MR) is 49.4 cm³/mol. The Labute approximate surface area is 73.1 Å². The molecule has 1 amide bonds. The van der Waals surface area contributed by atoms with Gasteiger partial charge in [-0.15, -0.1) is 0 Å². The van der Waals surface area contributed by atoms with E-state index in [-0.39, 0.29) is 5.91 Å². The second kappa shape index (κ2) is 4.10. The molecule has 2 nitrogen and oxygen atoms in total. The Morgan fingerprint density at radius 3 is 2.92 bits per heavy atom. The Kier molecular flexibility index (Phi) is 3.09. The van der Waals surface area contributed by atoms with Gasteiger partial charge in [0.1, 0.15) is 0 Å². The maximum atomic E-state index is 10.7. The van der Waals surface area contributed by atoms with Gasteiger partial charge in [0, 0.05) is 5.57 Å². The lowest BCUT2D eigenvalue weighted by Crippen LogP contribution is -2.15. The van der Waals surface area contributed by atoms with Crippen LogP contribution in [0.4, 0.5) is 0 Å². The van der Waals surface area contributed by atoms with Crippen molar-refractivity contribution >= 4 is 5.91 Å². The lowest BCUT2D eigenvalue weighted by molar-refractivity contribution is -0.114. The maximum Gasteiger partial charge on any atom is 0.244 e. The van der Waals surface area contributed by atoms with Crippen LogP contribution in [0.5, 0.6) is 0 Å². The molecule has 0 aromatic heterocycles. The smallest absolute Gasteiger partial charge is 0.244 e. The molecule has 1 unspecified atom stereocenters. The molecule has 0 radical (unpaired) electrons. The molecular weight excluding hydrogens is 150 g/mol. The van der Waals surface area contributed by atoms with Gasteiger partial charge in [-0.05, 0) is 31.6 Å². The Morgan fingerprint density at radius 1 is 1.67 bits per heavy atom. The lowest BCUT2D eigenvalue weighted by Gasteiger charge is -2.15. The number of hydrogen-bond donors (Lipinski definition) is 1. The summed E-state index contributed by atoms with van der Waals surface area (Å²) in [6.07, 6.45) is 8.60. The third-order valence-electron chi connectivity index (χ3n) is 2.21. The van der Waals surface area contributed by atoms with Crippen LogP contribution in [0.3, 0.4) is 0 Å². The number of allylic oxidation sites excluding steroid dienone is 2. The van der Waals surface area contributed by atoms with Crippen molar-refractivity contribution in [3.63, 3.8) is 0 Å². The van der Waals surface area contributed by atoms with E-state index >= 15 is 0 Å². The number of carbonyl (C=O) groups excluding carboxylic acids is 1. The van der Waals surface area contributed by atoms with E-state index in [0.717, 1.165) is 12.8 Å². The van der Waals surface area contributed by atoms with Crippen molar-refractivity contribution in [3.8, 4) is 0 Å². The molecule has 0 saturated heterocycles. The van der Waals surface area contributed by atoms with E-state index in [0.29, 0.717) is 11.5 Å². The van der Waals surface area contributed by atoms with Crippen LogP contribution < -0.4 is 5.73 Å². The van der Waals surface area contributed by atoms with Crippen molar-refractivity contribution in [2.75, 3.05) is 0 Å². The van der Waals surface area contributed by atoms with Crippen LogP contribution >= 0.6 is 0 Å². The first-order chi connectivity index (χ1) is 5.70. The van der Waals surface area contributed by atoms with Gasteiger partial charge in [-0.2, -0.15) is 0 Å². The van der Waals surface area contributed by atoms with Crippen molar-refractivity contribution in [1.82, 2.24) is 0 Å². The summed E-state index contributed by atoms with van der Waals surface area (Å²) in [4.78, 5) is 10.7. The molecule has 1 rings (SSSR count). The predicted octanol–water partition coefficient (Wildman–Crippen LogP) is 1.77.